The second-order valence-corrected chi connectivity index (χ2v) is 7.89. The normalized spacial score (nSPS) is 15.9. The summed E-state index contributed by atoms with van der Waals surface area (Å²) in [5, 5.41) is 3.56. The molecule has 0 aliphatic heterocycles. The number of nitrogens with two attached hydrogens (primary N) is 1. The maximum absolute atomic E-state index is 11.8. The molecule has 0 aliphatic carbocycles. The molecular weight excluding hydrogens is 336 g/mol. The van der Waals surface area contributed by atoms with Crippen LogP contribution in [0.25, 0.3) is 0 Å². The highest BCUT2D eigenvalue weighted by atomic mass is 79.9. The van der Waals surface area contributed by atoms with Gasteiger partial charge in [0.05, 0.1) is 5.54 Å². The summed E-state index contributed by atoms with van der Waals surface area (Å²) in [6.07, 6.45) is 0.687. The minimum atomic E-state index is -0.679. The summed E-state index contributed by atoms with van der Waals surface area (Å²) >= 11 is 5.29. The van der Waals surface area contributed by atoms with Crippen molar-refractivity contribution < 1.29 is 4.79 Å². The van der Waals surface area contributed by atoms with Crippen LogP contribution in [0, 0.1) is 0 Å². The van der Waals surface area contributed by atoms with Crippen molar-refractivity contribution in [1.82, 2.24) is 5.32 Å². The lowest BCUT2D eigenvalue weighted by Crippen LogP contribution is -2.56. The van der Waals surface area contributed by atoms with Crippen molar-refractivity contribution >= 4 is 33.6 Å². The third-order valence-corrected chi connectivity index (χ3v) is 5.14. The van der Waals surface area contributed by atoms with Crippen LogP contribution in [0.5, 0.6) is 0 Å². The van der Waals surface area contributed by atoms with Crippen molar-refractivity contribution in [1.29, 1.82) is 0 Å². The van der Waals surface area contributed by atoms with Crippen LogP contribution in [0.3, 0.4) is 0 Å². The fourth-order valence-corrected chi connectivity index (χ4v) is 3.99. The Morgan fingerprint density at radius 2 is 2.00 bits per heavy atom. The van der Waals surface area contributed by atoms with Gasteiger partial charge < -0.3 is 11.1 Å². The van der Waals surface area contributed by atoms with Crippen molar-refractivity contribution in [3.63, 3.8) is 0 Å². The summed E-state index contributed by atoms with van der Waals surface area (Å²) < 4.78 is 1.08. The first-order chi connectivity index (χ1) is 9.24. The molecule has 0 radical (unpaired) electrons. The third kappa shape index (κ3) is 5.11. The largest absolute Gasteiger partial charge is 0.368 e. The molecule has 20 heavy (non-hydrogen) atoms. The number of hydrogen-bond donors (Lipinski definition) is 2. The van der Waals surface area contributed by atoms with Gasteiger partial charge in [-0.25, -0.2) is 0 Å². The SMILES string of the molecule is CC(C)NC(C)(CC(C)Sc1ccccc1Br)C(N)=O. The molecule has 1 aromatic rings. The van der Waals surface area contributed by atoms with Gasteiger partial charge in [0, 0.05) is 20.7 Å². The number of carbonyl (C=O) groups is 1. The monoisotopic (exact) mass is 358 g/mol. The summed E-state index contributed by atoms with van der Waals surface area (Å²) in [4.78, 5) is 12.9. The molecular formula is C15H23BrN2OS. The van der Waals surface area contributed by atoms with Crippen LogP contribution in [0.4, 0.5) is 0 Å². The lowest BCUT2D eigenvalue weighted by atomic mass is 9.94. The zero-order chi connectivity index (χ0) is 15.3. The van der Waals surface area contributed by atoms with Crippen LogP contribution >= 0.6 is 27.7 Å². The van der Waals surface area contributed by atoms with E-state index in [2.05, 4.69) is 34.2 Å². The van der Waals surface area contributed by atoms with Crippen molar-refractivity contribution in [2.24, 2.45) is 5.73 Å². The van der Waals surface area contributed by atoms with Crippen LogP contribution in [-0.4, -0.2) is 22.7 Å². The van der Waals surface area contributed by atoms with Crippen LogP contribution < -0.4 is 11.1 Å². The quantitative estimate of drug-likeness (QED) is 0.732. The molecule has 1 rings (SSSR count). The zero-order valence-corrected chi connectivity index (χ0v) is 14.8. The van der Waals surface area contributed by atoms with E-state index in [1.807, 2.05) is 39.0 Å². The maximum atomic E-state index is 11.8. The fraction of sp³-hybridized carbons (Fsp3) is 0.533. The van der Waals surface area contributed by atoms with Gasteiger partial charge in [-0.3, -0.25) is 4.79 Å². The average molecular weight is 359 g/mol. The second-order valence-electron chi connectivity index (χ2n) is 5.56. The minimum absolute atomic E-state index is 0.216. The molecule has 1 amide bonds. The highest BCUT2D eigenvalue weighted by molar-refractivity contribution is 9.10. The Balaban J connectivity index is 2.74. The Morgan fingerprint density at radius 1 is 1.40 bits per heavy atom. The van der Waals surface area contributed by atoms with E-state index in [1.165, 1.54) is 4.90 Å². The van der Waals surface area contributed by atoms with Crippen molar-refractivity contribution in [2.75, 3.05) is 0 Å². The van der Waals surface area contributed by atoms with Gasteiger partial charge in [-0.05, 0) is 55.3 Å². The predicted molar refractivity (Wildman–Crippen MR) is 89.9 cm³/mol. The van der Waals surface area contributed by atoms with Crippen LogP contribution in [0.1, 0.15) is 34.1 Å². The van der Waals surface area contributed by atoms with E-state index in [0.717, 1.165) is 4.47 Å². The van der Waals surface area contributed by atoms with E-state index in [0.29, 0.717) is 6.42 Å². The lowest BCUT2D eigenvalue weighted by molar-refractivity contribution is -0.124. The summed E-state index contributed by atoms with van der Waals surface area (Å²) in [5.41, 5.74) is 4.89. The number of benzene rings is 1. The number of carbonyl (C=O) groups excluding carboxylic acids is 1. The smallest absolute Gasteiger partial charge is 0.237 e. The number of nitrogens with one attached hydrogen (secondary N) is 1. The minimum Gasteiger partial charge on any atom is -0.368 e. The van der Waals surface area contributed by atoms with Gasteiger partial charge in [0.2, 0.25) is 5.91 Å². The maximum Gasteiger partial charge on any atom is 0.237 e. The molecule has 0 fully saturated rings. The summed E-state index contributed by atoms with van der Waals surface area (Å²) in [7, 11) is 0. The molecule has 0 saturated heterocycles. The zero-order valence-electron chi connectivity index (χ0n) is 12.4. The lowest BCUT2D eigenvalue weighted by Gasteiger charge is -2.32. The standard InChI is InChI=1S/C15H23BrN2OS/c1-10(2)18-15(4,14(17)19)9-11(3)20-13-8-6-5-7-12(13)16/h5-8,10-11,18H,9H2,1-4H3,(H2,17,19). The topological polar surface area (TPSA) is 55.1 Å². The Hall–Kier alpha value is -0.520. The Morgan fingerprint density at radius 3 is 2.50 bits per heavy atom. The van der Waals surface area contributed by atoms with Crippen molar-refractivity contribution in [2.45, 2.75) is 55.8 Å². The molecule has 0 heterocycles. The number of thioether (sulfide) groups is 1. The molecule has 1 aromatic carbocycles. The van der Waals surface area contributed by atoms with E-state index in [-0.39, 0.29) is 17.2 Å². The van der Waals surface area contributed by atoms with E-state index in [9.17, 15) is 4.79 Å². The molecule has 0 aromatic heterocycles. The Labute approximate surface area is 134 Å². The van der Waals surface area contributed by atoms with Gasteiger partial charge >= 0.3 is 0 Å². The molecule has 0 aliphatic rings. The van der Waals surface area contributed by atoms with E-state index in [1.54, 1.807) is 11.8 Å². The highest BCUT2D eigenvalue weighted by Crippen LogP contribution is 2.33. The van der Waals surface area contributed by atoms with Gasteiger partial charge in [-0.15, -0.1) is 11.8 Å². The Bertz CT molecular complexity index is 467. The third-order valence-electron chi connectivity index (χ3n) is 3.01. The summed E-state index contributed by atoms with van der Waals surface area (Å²) in [5.74, 6) is -0.300. The molecule has 0 bridgehead atoms. The molecule has 112 valence electrons. The average Bonchev–Trinajstić information content (AvgIpc) is 2.30. The van der Waals surface area contributed by atoms with Gasteiger partial charge in [0.15, 0.2) is 0 Å². The summed E-state index contributed by atoms with van der Waals surface area (Å²) in [6.45, 7) is 8.04. The van der Waals surface area contributed by atoms with Gasteiger partial charge in [-0.1, -0.05) is 19.1 Å². The van der Waals surface area contributed by atoms with Crippen molar-refractivity contribution in [3.8, 4) is 0 Å². The predicted octanol–water partition coefficient (Wildman–Crippen LogP) is 3.56. The first kappa shape index (κ1) is 17.5. The Kier molecular flexibility index (Phi) is 6.55. The first-order valence-electron chi connectivity index (χ1n) is 6.73. The first-order valence-corrected chi connectivity index (χ1v) is 8.40. The van der Waals surface area contributed by atoms with Gasteiger partial charge in [0.25, 0.3) is 0 Å². The van der Waals surface area contributed by atoms with Crippen LogP contribution in [-0.2, 0) is 4.79 Å². The van der Waals surface area contributed by atoms with E-state index < -0.39 is 5.54 Å². The molecule has 3 nitrogen and oxygen atoms in total. The fourth-order valence-electron chi connectivity index (χ4n) is 2.24. The number of primary amides is 1. The van der Waals surface area contributed by atoms with E-state index >= 15 is 0 Å². The number of halogens is 1. The van der Waals surface area contributed by atoms with Crippen LogP contribution in [0.2, 0.25) is 0 Å². The van der Waals surface area contributed by atoms with Gasteiger partial charge in [0.1, 0.15) is 0 Å². The highest BCUT2D eigenvalue weighted by Gasteiger charge is 2.33. The number of hydrogen-bond acceptors (Lipinski definition) is 3. The molecule has 2 unspecified atom stereocenters. The molecule has 2 atom stereocenters. The second kappa shape index (κ2) is 7.48. The van der Waals surface area contributed by atoms with Crippen molar-refractivity contribution in [3.05, 3.63) is 28.7 Å². The van der Waals surface area contributed by atoms with Gasteiger partial charge in [-0.2, -0.15) is 0 Å². The molecule has 0 spiro atoms. The summed E-state index contributed by atoms with van der Waals surface area (Å²) in [6, 6.07) is 8.32. The molecule has 3 N–H and O–H groups in total. The number of rotatable bonds is 7. The van der Waals surface area contributed by atoms with Crippen LogP contribution in [0.15, 0.2) is 33.6 Å². The van der Waals surface area contributed by atoms with E-state index in [4.69, 9.17) is 5.73 Å². The molecule has 5 heteroatoms. The number of amides is 1. The molecule has 0 saturated carbocycles.